The number of aromatic amines is 1. The number of methoxy groups -OCH3 is 1. The van der Waals surface area contributed by atoms with Gasteiger partial charge < -0.3 is 10.1 Å². The van der Waals surface area contributed by atoms with Crippen LogP contribution in [0.5, 0.6) is 0 Å². The molecular formula is C12H23N3O. The Morgan fingerprint density at radius 1 is 1.44 bits per heavy atom. The molecule has 0 fully saturated rings. The van der Waals surface area contributed by atoms with E-state index in [9.17, 15) is 0 Å². The van der Waals surface area contributed by atoms with Crippen LogP contribution in [0.1, 0.15) is 38.1 Å². The molecule has 1 aromatic heterocycles. The molecule has 2 unspecified atom stereocenters. The monoisotopic (exact) mass is 225 g/mol. The predicted molar refractivity (Wildman–Crippen MR) is 65.4 cm³/mol. The van der Waals surface area contributed by atoms with Crippen LogP contribution in [-0.4, -0.2) is 30.0 Å². The zero-order chi connectivity index (χ0) is 12.1. The first kappa shape index (κ1) is 13.2. The summed E-state index contributed by atoms with van der Waals surface area (Å²) in [4.78, 5) is 0. The first-order valence-corrected chi connectivity index (χ1v) is 5.81. The van der Waals surface area contributed by atoms with E-state index in [0.29, 0.717) is 18.0 Å². The molecule has 0 bridgehead atoms. The predicted octanol–water partition coefficient (Wildman–Crippen LogP) is 2.04. The van der Waals surface area contributed by atoms with Crippen LogP contribution < -0.4 is 5.32 Å². The van der Waals surface area contributed by atoms with Gasteiger partial charge in [-0.05, 0) is 19.8 Å². The molecule has 0 saturated heterocycles. The van der Waals surface area contributed by atoms with Crippen LogP contribution in [0, 0.1) is 12.8 Å². The van der Waals surface area contributed by atoms with Crippen molar-refractivity contribution in [3.05, 3.63) is 17.5 Å². The van der Waals surface area contributed by atoms with Crippen molar-refractivity contribution in [2.24, 2.45) is 5.92 Å². The molecule has 4 heteroatoms. The fourth-order valence-electron chi connectivity index (χ4n) is 1.82. The van der Waals surface area contributed by atoms with Gasteiger partial charge in [-0.15, -0.1) is 0 Å². The molecule has 0 amide bonds. The molecule has 1 heterocycles. The molecule has 0 spiro atoms. The highest BCUT2D eigenvalue weighted by Gasteiger charge is 2.18. The molecule has 0 aliphatic carbocycles. The number of rotatable bonds is 6. The van der Waals surface area contributed by atoms with Gasteiger partial charge in [0.05, 0.1) is 12.8 Å². The standard InChI is InChI=1S/C12H23N3O/c1-8(2)12(7-16-5)14-9(3)11-6-13-15-10(11)4/h6,8-9,12,14H,7H2,1-5H3,(H,13,15). The lowest BCUT2D eigenvalue weighted by Gasteiger charge is -2.25. The normalized spacial score (nSPS) is 15.4. The zero-order valence-electron chi connectivity index (χ0n) is 10.9. The number of nitrogens with zero attached hydrogens (tertiary/aromatic N) is 1. The van der Waals surface area contributed by atoms with Crippen molar-refractivity contribution < 1.29 is 4.74 Å². The summed E-state index contributed by atoms with van der Waals surface area (Å²) in [6.45, 7) is 9.33. The highest BCUT2D eigenvalue weighted by molar-refractivity contribution is 5.18. The second-order valence-electron chi connectivity index (χ2n) is 4.64. The molecular weight excluding hydrogens is 202 g/mol. The number of hydrogen-bond donors (Lipinski definition) is 2. The quantitative estimate of drug-likeness (QED) is 0.779. The van der Waals surface area contributed by atoms with Crippen LogP contribution in [0.4, 0.5) is 0 Å². The lowest BCUT2D eigenvalue weighted by Crippen LogP contribution is -2.39. The summed E-state index contributed by atoms with van der Waals surface area (Å²) >= 11 is 0. The molecule has 0 aliphatic rings. The summed E-state index contributed by atoms with van der Waals surface area (Å²) in [6, 6.07) is 0.663. The summed E-state index contributed by atoms with van der Waals surface area (Å²) in [6.07, 6.45) is 1.89. The van der Waals surface area contributed by atoms with Gasteiger partial charge >= 0.3 is 0 Å². The van der Waals surface area contributed by atoms with Crippen molar-refractivity contribution >= 4 is 0 Å². The van der Waals surface area contributed by atoms with E-state index in [1.807, 2.05) is 13.1 Å². The third-order valence-electron chi connectivity index (χ3n) is 2.95. The molecule has 1 aromatic rings. The maximum atomic E-state index is 5.23. The number of H-pyrrole nitrogens is 1. The smallest absolute Gasteiger partial charge is 0.0618 e. The highest BCUT2D eigenvalue weighted by Crippen LogP contribution is 2.16. The first-order valence-electron chi connectivity index (χ1n) is 5.81. The largest absolute Gasteiger partial charge is 0.383 e. The molecule has 1 rings (SSSR count). The number of ether oxygens (including phenoxy) is 1. The second-order valence-corrected chi connectivity index (χ2v) is 4.64. The average molecular weight is 225 g/mol. The second kappa shape index (κ2) is 6.01. The van der Waals surface area contributed by atoms with Crippen molar-refractivity contribution in [2.45, 2.75) is 39.8 Å². The van der Waals surface area contributed by atoms with Crippen LogP contribution in [0.25, 0.3) is 0 Å². The third kappa shape index (κ3) is 3.32. The Labute approximate surface area is 97.8 Å². The third-order valence-corrected chi connectivity index (χ3v) is 2.95. The molecule has 4 nitrogen and oxygen atoms in total. The minimum Gasteiger partial charge on any atom is -0.383 e. The van der Waals surface area contributed by atoms with Crippen LogP contribution in [0.2, 0.25) is 0 Å². The van der Waals surface area contributed by atoms with Gasteiger partial charge in [0.2, 0.25) is 0 Å². The van der Waals surface area contributed by atoms with E-state index >= 15 is 0 Å². The van der Waals surface area contributed by atoms with Crippen molar-refractivity contribution in [3.63, 3.8) is 0 Å². The van der Waals surface area contributed by atoms with E-state index in [2.05, 4.69) is 36.3 Å². The van der Waals surface area contributed by atoms with Crippen LogP contribution in [-0.2, 0) is 4.74 Å². The molecule has 2 atom stereocenters. The van der Waals surface area contributed by atoms with Gasteiger partial charge in [-0.3, -0.25) is 5.10 Å². The summed E-state index contributed by atoms with van der Waals surface area (Å²) < 4.78 is 5.23. The van der Waals surface area contributed by atoms with Gasteiger partial charge in [0.15, 0.2) is 0 Å². The summed E-state index contributed by atoms with van der Waals surface area (Å²) in [5, 5.41) is 10.6. The Kier molecular flexibility index (Phi) is 4.96. The van der Waals surface area contributed by atoms with Crippen LogP contribution in [0.15, 0.2) is 6.20 Å². The maximum Gasteiger partial charge on any atom is 0.0618 e. The number of aromatic nitrogens is 2. The fraction of sp³-hybridized carbons (Fsp3) is 0.750. The lowest BCUT2D eigenvalue weighted by molar-refractivity contribution is 0.141. The van der Waals surface area contributed by atoms with Gasteiger partial charge in [0, 0.05) is 30.5 Å². The SMILES string of the molecule is COCC(NC(C)c1cn[nH]c1C)C(C)C. The Balaban J connectivity index is 2.61. The first-order chi connectivity index (χ1) is 7.56. The fourth-order valence-corrected chi connectivity index (χ4v) is 1.82. The van der Waals surface area contributed by atoms with Crippen molar-refractivity contribution in [3.8, 4) is 0 Å². The van der Waals surface area contributed by atoms with Crippen LogP contribution in [0.3, 0.4) is 0 Å². The molecule has 0 aromatic carbocycles. The molecule has 0 radical (unpaired) electrons. The van der Waals surface area contributed by atoms with Gasteiger partial charge in [-0.25, -0.2) is 0 Å². The van der Waals surface area contributed by atoms with Crippen molar-refractivity contribution in [2.75, 3.05) is 13.7 Å². The van der Waals surface area contributed by atoms with Crippen molar-refractivity contribution in [1.29, 1.82) is 0 Å². The van der Waals surface area contributed by atoms with Gasteiger partial charge in [-0.1, -0.05) is 13.8 Å². The number of hydrogen-bond acceptors (Lipinski definition) is 3. The molecule has 2 N–H and O–H groups in total. The van der Waals surface area contributed by atoms with E-state index < -0.39 is 0 Å². The molecule has 0 saturated carbocycles. The Hall–Kier alpha value is -0.870. The van der Waals surface area contributed by atoms with E-state index in [1.165, 1.54) is 5.56 Å². The van der Waals surface area contributed by atoms with E-state index in [0.717, 1.165) is 12.3 Å². The number of nitrogens with one attached hydrogen (secondary N) is 2. The molecule has 92 valence electrons. The molecule has 0 aliphatic heterocycles. The highest BCUT2D eigenvalue weighted by atomic mass is 16.5. The van der Waals surface area contributed by atoms with E-state index in [1.54, 1.807) is 7.11 Å². The summed E-state index contributed by atoms with van der Waals surface area (Å²) in [5.74, 6) is 0.551. The lowest BCUT2D eigenvalue weighted by atomic mass is 10.0. The average Bonchev–Trinajstić information content (AvgIpc) is 2.63. The van der Waals surface area contributed by atoms with E-state index in [4.69, 9.17) is 4.74 Å². The zero-order valence-corrected chi connectivity index (χ0v) is 10.9. The maximum absolute atomic E-state index is 5.23. The van der Waals surface area contributed by atoms with Gasteiger partial charge in [-0.2, -0.15) is 5.10 Å². The van der Waals surface area contributed by atoms with Gasteiger partial charge in [0.25, 0.3) is 0 Å². The minimum atomic E-state index is 0.293. The summed E-state index contributed by atoms with van der Waals surface area (Å²) in [7, 11) is 1.74. The van der Waals surface area contributed by atoms with Gasteiger partial charge in [0.1, 0.15) is 0 Å². The Morgan fingerprint density at radius 3 is 2.56 bits per heavy atom. The Morgan fingerprint density at radius 2 is 2.12 bits per heavy atom. The van der Waals surface area contributed by atoms with Crippen LogP contribution >= 0.6 is 0 Å². The topological polar surface area (TPSA) is 49.9 Å². The minimum absolute atomic E-state index is 0.293. The summed E-state index contributed by atoms with van der Waals surface area (Å²) in [5.41, 5.74) is 2.35. The van der Waals surface area contributed by atoms with E-state index in [-0.39, 0.29) is 0 Å². The Bertz CT molecular complexity index is 309. The number of aryl methyl sites for hydroxylation is 1. The molecule has 16 heavy (non-hydrogen) atoms. The van der Waals surface area contributed by atoms with Crippen molar-refractivity contribution in [1.82, 2.24) is 15.5 Å².